The second-order valence-corrected chi connectivity index (χ2v) is 9.29. The van der Waals surface area contributed by atoms with Crippen molar-refractivity contribution in [2.75, 3.05) is 46.4 Å². The maximum absolute atomic E-state index is 14.6. The van der Waals surface area contributed by atoms with E-state index in [1.165, 1.54) is 13.2 Å². The first-order valence-corrected chi connectivity index (χ1v) is 11.7. The lowest BCUT2D eigenvalue weighted by Gasteiger charge is -2.46. The summed E-state index contributed by atoms with van der Waals surface area (Å²) in [5.41, 5.74) is 3.72. The first-order chi connectivity index (χ1) is 16.9. The fourth-order valence-electron chi connectivity index (χ4n) is 5.39. The number of aliphatic hydroxyl groups is 1. The molecular weight excluding hydrogens is 489 g/mol. The van der Waals surface area contributed by atoms with E-state index in [4.69, 9.17) is 19.5 Å². The molecule has 0 bridgehead atoms. The number of hydrogen-bond donors (Lipinski definition) is 1. The van der Waals surface area contributed by atoms with Gasteiger partial charge in [-0.25, -0.2) is 9.18 Å². The number of methoxy groups -OCH3 is 1. The molecular formula is C26H29ClFN3O5. The van der Waals surface area contributed by atoms with Crippen LogP contribution in [0.25, 0.3) is 0 Å². The molecule has 0 aliphatic carbocycles. The third kappa shape index (κ3) is 4.67. The van der Waals surface area contributed by atoms with Gasteiger partial charge in [-0.2, -0.15) is 5.26 Å². The molecule has 36 heavy (non-hydrogen) atoms. The van der Waals surface area contributed by atoms with E-state index < -0.39 is 11.9 Å². The molecule has 2 saturated heterocycles. The summed E-state index contributed by atoms with van der Waals surface area (Å²) < 4.78 is 31.1. The number of aliphatic hydroxyl groups excluding tert-OH is 1. The van der Waals surface area contributed by atoms with Crippen molar-refractivity contribution in [3.63, 3.8) is 0 Å². The quantitative estimate of drug-likeness (QED) is 0.605. The summed E-state index contributed by atoms with van der Waals surface area (Å²) in [6.07, 6.45) is -1.02. The standard InChI is InChI=1S/C26H28FN3O5.ClH/c1-15-18(5-6-19-21(15)14-35-26(19)32)22(31)11-29-7-8-30-12-23(34-13-17(30)10-29)20-4-3-16(9-28)24(27)25(20)33-2;/h3-6,17,22-23,31H,7-8,10-14H2,1-2H3;1H/t17-,22+,23-;/m0./s1. The van der Waals surface area contributed by atoms with Crippen LogP contribution in [0.2, 0.25) is 0 Å². The smallest absolute Gasteiger partial charge is 0.338 e. The summed E-state index contributed by atoms with van der Waals surface area (Å²) in [5.74, 6) is -0.905. The molecule has 1 N–H and O–H groups in total. The van der Waals surface area contributed by atoms with Crippen LogP contribution in [0.4, 0.5) is 4.39 Å². The fraction of sp³-hybridized carbons (Fsp3) is 0.462. The molecule has 10 heteroatoms. The molecule has 2 aromatic rings. The van der Waals surface area contributed by atoms with Gasteiger partial charge >= 0.3 is 5.97 Å². The molecule has 0 saturated carbocycles. The summed E-state index contributed by atoms with van der Waals surface area (Å²) in [4.78, 5) is 16.4. The van der Waals surface area contributed by atoms with Crippen LogP contribution in [-0.2, 0) is 16.1 Å². The highest BCUT2D eigenvalue weighted by molar-refractivity contribution is 5.93. The molecule has 3 heterocycles. The van der Waals surface area contributed by atoms with Gasteiger partial charge in [0, 0.05) is 49.9 Å². The third-order valence-corrected chi connectivity index (χ3v) is 7.38. The number of morpholine rings is 1. The predicted octanol–water partition coefficient (Wildman–Crippen LogP) is 2.90. The number of fused-ring (bicyclic) bond motifs is 2. The Morgan fingerprint density at radius 2 is 2.08 bits per heavy atom. The third-order valence-electron chi connectivity index (χ3n) is 7.38. The van der Waals surface area contributed by atoms with Gasteiger partial charge in [0.15, 0.2) is 11.6 Å². The highest BCUT2D eigenvalue weighted by atomic mass is 35.5. The minimum atomic E-state index is -0.675. The van der Waals surface area contributed by atoms with Gasteiger partial charge in [0.05, 0.1) is 37.1 Å². The predicted molar refractivity (Wildman–Crippen MR) is 131 cm³/mol. The zero-order valence-electron chi connectivity index (χ0n) is 20.2. The van der Waals surface area contributed by atoms with Gasteiger partial charge in [-0.05, 0) is 30.2 Å². The molecule has 192 valence electrons. The highest BCUT2D eigenvalue weighted by Crippen LogP contribution is 2.36. The highest BCUT2D eigenvalue weighted by Gasteiger charge is 2.36. The van der Waals surface area contributed by atoms with E-state index in [0.717, 1.165) is 36.3 Å². The van der Waals surface area contributed by atoms with Crippen LogP contribution in [0.3, 0.4) is 0 Å². The zero-order valence-corrected chi connectivity index (χ0v) is 21.0. The van der Waals surface area contributed by atoms with E-state index in [1.54, 1.807) is 12.1 Å². The van der Waals surface area contributed by atoms with E-state index >= 15 is 0 Å². The first-order valence-electron chi connectivity index (χ1n) is 11.7. The Morgan fingerprint density at radius 1 is 1.28 bits per heavy atom. The molecule has 0 radical (unpaired) electrons. The van der Waals surface area contributed by atoms with Crippen LogP contribution >= 0.6 is 12.4 Å². The molecule has 3 atom stereocenters. The Labute approximate surface area is 215 Å². The van der Waals surface area contributed by atoms with E-state index in [2.05, 4.69) is 9.80 Å². The van der Waals surface area contributed by atoms with Crippen molar-refractivity contribution in [1.29, 1.82) is 5.26 Å². The summed E-state index contributed by atoms with van der Waals surface area (Å²) >= 11 is 0. The monoisotopic (exact) mass is 517 g/mol. The number of nitriles is 1. The minimum Gasteiger partial charge on any atom is -0.493 e. The molecule has 3 aliphatic heterocycles. The van der Waals surface area contributed by atoms with Gasteiger partial charge in [-0.1, -0.05) is 12.1 Å². The summed E-state index contributed by atoms with van der Waals surface area (Å²) in [7, 11) is 1.40. The second kappa shape index (κ2) is 10.7. The summed E-state index contributed by atoms with van der Waals surface area (Å²) in [5, 5.41) is 20.1. The van der Waals surface area contributed by atoms with Crippen molar-refractivity contribution in [3.05, 3.63) is 63.5 Å². The average molecular weight is 518 g/mol. The Bertz CT molecular complexity index is 1200. The number of rotatable bonds is 5. The van der Waals surface area contributed by atoms with Crippen molar-refractivity contribution in [2.45, 2.75) is 31.8 Å². The Kier molecular flexibility index (Phi) is 7.83. The zero-order chi connectivity index (χ0) is 24.7. The normalized spacial score (nSPS) is 22.6. The van der Waals surface area contributed by atoms with Crippen LogP contribution in [-0.4, -0.2) is 73.4 Å². The topological polar surface area (TPSA) is 95.3 Å². The van der Waals surface area contributed by atoms with Crippen molar-refractivity contribution < 1.29 is 28.5 Å². The summed E-state index contributed by atoms with van der Waals surface area (Å²) in [6.45, 7) is 6.06. The first kappa shape index (κ1) is 26.3. The van der Waals surface area contributed by atoms with Crippen LogP contribution in [0.5, 0.6) is 5.75 Å². The number of esters is 1. The van der Waals surface area contributed by atoms with E-state index in [1.807, 2.05) is 19.1 Å². The Hall–Kier alpha value is -2.74. The molecule has 3 aliphatic rings. The number of piperazine rings is 1. The van der Waals surface area contributed by atoms with Crippen molar-refractivity contribution >= 4 is 18.4 Å². The lowest BCUT2D eigenvalue weighted by atomic mass is 9.95. The maximum Gasteiger partial charge on any atom is 0.338 e. The SMILES string of the molecule is COc1c([C@@H]2CN3CCN(C[C@@H](O)c4ccc5c(c4C)COC5=O)C[C@H]3CO2)ccc(C#N)c1F.Cl. The van der Waals surface area contributed by atoms with Crippen LogP contribution in [0.15, 0.2) is 24.3 Å². The lowest BCUT2D eigenvalue weighted by Crippen LogP contribution is -2.58. The molecule has 0 aromatic heterocycles. The minimum absolute atomic E-state index is 0. The molecule has 2 aromatic carbocycles. The number of benzene rings is 2. The van der Waals surface area contributed by atoms with Gasteiger partial charge in [-0.3, -0.25) is 9.80 Å². The number of cyclic esters (lactones) is 1. The molecule has 2 fully saturated rings. The molecule has 8 nitrogen and oxygen atoms in total. The van der Waals surface area contributed by atoms with Crippen molar-refractivity contribution in [2.24, 2.45) is 0 Å². The number of carbonyl (C=O) groups is 1. The maximum atomic E-state index is 14.6. The number of carbonyl (C=O) groups excluding carboxylic acids is 1. The second-order valence-electron chi connectivity index (χ2n) is 9.29. The fourth-order valence-corrected chi connectivity index (χ4v) is 5.39. The van der Waals surface area contributed by atoms with Gasteiger partial charge in [0.1, 0.15) is 12.7 Å². The van der Waals surface area contributed by atoms with Crippen LogP contribution < -0.4 is 4.74 Å². The average Bonchev–Trinajstić information content (AvgIpc) is 3.25. The van der Waals surface area contributed by atoms with Gasteiger partial charge in [0.25, 0.3) is 0 Å². The molecule has 5 rings (SSSR count). The largest absolute Gasteiger partial charge is 0.493 e. The van der Waals surface area contributed by atoms with Gasteiger partial charge in [-0.15, -0.1) is 12.4 Å². The van der Waals surface area contributed by atoms with Gasteiger partial charge < -0.3 is 19.3 Å². The van der Waals surface area contributed by atoms with Crippen molar-refractivity contribution in [1.82, 2.24) is 9.80 Å². The Morgan fingerprint density at radius 3 is 2.83 bits per heavy atom. The Balaban J connectivity index is 0.00000304. The van der Waals surface area contributed by atoms with Crippen LogP contribution in [0, 0.1) is 24.1 Å². The van der Waals surface area contributed by atoms with Gasteiger partial charge in [0.2, 0.25) is 0 Å². The van der Waals surface area contributed by atoms with E-state index in [-0.39, 0.29) is 48.4 Å². The molecule has 0 spiro atoms. The van der Waals surface area contributed by atoms with E-state index in [9.17, 15) is 14.3 Å². The number of ether oxygens (including phenoxy) is 3. The van der Waals surface area contributed by atoms with E-state index in [0.29, 0.717) is 30.8 Å². The molecule has 0 amide bonds. The lowest BCUT2D eigenvalue weighted by molar-refractivity contribution is -0.0943. The van der Waals surface area contributed by atoms with Crippen LogP contribution in [0.1, 0.15) is 50.4 Å². The van der Waals surface area contributed by atoms with Crippen molar-refractivity contribution in [3.8, 4) is 11.8 Å². The number of hydrogen-bond acceptors (Lipinski definition) is 8. The summed E-state index contributed by atoms with van der Waals surface area (Å²) in [6, 6.07) is 8.73. The number of halogens is 2. The number of nitrogens with zero attached hydrogens (tertiary/aromatic N) is 3. The molecule has 0 unspecified atom stereocenters. The number of β-amino-alcohol motifs (C(OH)–C–C–N with tert-alkyl or cyclic N) is 1.